The topological polar surface area (TPSA) is 43.8 Å². The Labute approximate surface area is 109 Å². The van der Waals surface area contributed by atoms with Gasteiger partial charge in [-0.1, -0.05) is 30.3 Å². The lowest BCUT2D eigenvalue weighted by Gasteiger charge is -2.10. The van der Waals surface area contributed by atoms with Crippen molar-refractivity contribution >= 4 is 0 Å². The molecule has 0 aliphatic carbocycles. The van der Waals surface area contributed by atoms with E-state index in [4.69, 9.17) is 5.73 Å². The first-order valence-electron chi connectivity index (χ1n) is 6.48. The van der Waals surface area contributed by atoms with Gasteiger partial charge in [-0.15, -0.1) is 0 Å². The van der Waals surface area contributed by atoms with E-state index in [1.165, 1.54) is 5.56 Å². The van der Waals surface area contributed by atoms with Crippen molar-refractivity contribution in [3.63, 3.8) is 0 Å². The molecule has 3 heteroatoms. The Bertz CT molecular complexity index is 473. The summed E-state index contributed by atoms with van der Waals surface area (Å²) >= 11 is 0. The third-order valence-electron chi connectivity index (χ3n) is 3.00. The van der Waals surface area contributed by atoms with Crippen molar-refractivity contribution in [2.75, 3.05) is 0 Å². The lowest BCUT2D eigenvalue weighted by molar-refractivity contribution is 0.521. The molecule has 0 aliphatic heterocycles. The number of benzene rings is 1. The van der Waals surface area contributed by atoms with Gasteiger partial charge in [0.25, 0.3) is 0 Å². The van der Waals surface area contributed by atoms with Gasteiger partial charge in [0.1, 0.15) is 0 Å². The Balaban J connectivity index is 1.92. The minimum absolute atomic E-state index is 0.128. The fourth-order valence-corrected chi connectivity index (χ4v) is 2.03. The van der Waals surface area contributed by atoms with E-state index in [2.05, 4.69) is 49.3 Å². The van der Waals surface area contributed by atoms with Gasteiger partial charge in [0, 0.05) is 24.7 Å². The van der Waals surface area contributed by atoms with E-state index in [0.717, 1.165) is 18.5 Å². The van der Waals surface area contributed by atoms with Crippen LogP contribution in [0.5, 0.6) is 0 Å². The van der Waals surface area contributed by atoms with Crippen LogP contribution in [0, 0.1) is 0 Å². The molecule has 2 rings (SSSR count). The van der Waals surface area contributed by atoms with Crippen molar-refractivity contribution in [1.82, 2.24) is 9.78 Å². The Morgan fingerprint density at radius 1 is 1.11 bits per heavy atom. The van der Waals surface area contributed by atoms with E-state index in [0.29, 0.717) is 6.04 Å². The molecule has 1 atom stereocenters. The van der Waals surface area contributed by atoms with E-state index >= 15 is 0 Å². The summed E-state index contributed by atoms with van der Waals surface area (Å²) in [6.07, 6.45) is 3.75. The molecular weight excluding hydrogens is 222 g/mol. The number of aromatic nitrogens is 2. The molecule has 18 heavy (non-hydrogen) atoms. The Morgan fingerprint density at radius 2 is 1.83 bits per heavy atom. The van der Waals surface area contributed by atoms with Gasteiger partial charge in [-0.25, -0.2) is 0 Å². The molecule has 1 aromatic carbocycles. The first kappa shape index (κ1) is 12.8. The number of hydrogen-bond acceptors (Lipinski definition) is 2. The summed E-state index contributed by atoms with van der Waals surface area (Å²) < 4.78 is 1.98. The highest BCUT2D eigenvalue weighted by Gasteiger charge is 2.08. The summed E-state index contributed by atoms with van der Waals surface area (Å²) in [7, 11) is 0. The van der Waals surface area contributed by atoms with Crippen LogP contribution in [-0.2, 0) is 12.8 Å². The average Bonchev–Trinajstić information content (AvgIpc) is 2.78. The van der Waals surface area contributed by atoms with Gasteiger partial charge in [-0.05, 0) is 31.9 Å². The zero-order valence-electron chi connectivity index (χ0n) is 11.1. The van der Waals surface area contributed by atoms with E-state index in [1.54, 1.807) is 0 Å². The highest BCUT2D eigenvalue weighted by molar-refractivity contribution is 5.16. The minimum Gasteiger partial charge on any atom is -0.327 e. The van der Waals surface area contributed by atoms with Crippen LogP contribution in [0.2, 0.25) is 0 Å². The van der Waals surface area contributed by atoms with Gasteiger partial charge in [-0.2, -0.15) is 5.10 Å². The maximum Gasteiger partial charge on any atom is 0.0640 e. The third-order valence-corrected chi connectivity index (χ3v) is 3.00. The zero-order valence-corrected chi connectivity index (χ0v) is 11.1. The van der Waals surface area contributed by atoms with E-state index in [-0.39, 0.29) is 6.04 Å². The van der Waals surface area contributed by atoms with Crippen LogP contribution in [0.25, 0.3) is 0 Å². The monoisotopic (exact) mass is 243 g/mol. The predicted molar refractivity (Wildman–Crippen MR) is 74.4 cm³/mol. The maximum atomic E-state index is 6.17. The van der Waals surface area contributed by atoms with Crippen molar-refractivity contribution in [1.29, 1.82) is 0 Å². The largest absolute Gasteiger partial charge is 0.327 e. The molecular formula is C15H21N3. The molecule has 2 N–H and O–H groups in total. The Hall–Kier alpha value is -1.61. The first-order chi connectivity index (χ1) is 8.65. The first-order valence-corrected chi connectivity index (χ1v) is 6.48. The van der Waals surface area contributed by atoms with Crippen molar-refractivity contribution < 1.29 is 0 Å². The molecule has 0 spiro atoms. The standard InChI is InChI=1S/C15H21N3/c1-12(2)18-9-8-15(17-18)11-14(16)10-13-6-4-3-5-7-13/h3-9,12,14H,10-11,16H2,1-2H3. The van der Waals surface area contributed by atoms with Gasteiger partial charge in [0.15, 0.2) is 0 Å². The molecule has 0 fully saturated rings. The second-order valence-electron chi connectivity index (χ2n) is 5.03. The minimum atomic E-state index is 0.128. The number of nitrogens with two attached hydrogens (primary N) is 1. The van der Waals surface area contributed by atoms with Crippen LogP contribution < -0.4 is 5.73 Å². The fourth-order valence-electron chi connectivity index (χ4n) is 2.03. The molecule has 1 aromatic heterocycles. The fraction of sp³-hybridized carbons (Fsp3) is 0.400. The molecule has 1 unspecified atom stereocenters. The molecule has 2 aromatic rings. The third kappa shape index (κ3) is 3.44. The van der Waals surface area contributed by atoms with Crippen LogP contribution in [-0.4, -0.2) is 15.8 Å². The summed E-state index contributed by atoms with van der Waals surface area (Å²) in [5.41, 5.74) is 8.54. The van der Waals surface area contributed by atoms with Crippen molar-refractivity contribution in [3.05, 3.63) is 53.9 Å². The molecule has 3 nitrogen and oxygen atoms in total. The molecule has 0 saturated heterocycles. The van der Waals surface area contributed by atoms with E-state index in [1.807, 2.05) is 16.9 Å². The molecule has 96 valence electrons. The van der Waals surface area contributed by atoms with Crippen LogP contribution in [0.4, 0.5) is 0 Å². The molecule has 0 radical (unpaired) electrons. The number of hydrogen-bond donors (Lipinski definition) is 1. The predicted octanol–water partition coefficient (Wildman–Crippen LogP) is 2.58. The van der Waals surface area contributed by atoms with E-state index in [9.17, 15) is 0 Å². The van der Waals surface area contributed by atoms with Crippen LogP contribution in [0.3, 0.4) is 0 Å². The lowest BCUT2D eigenvalue weighted by Crippen LogP contribution is -2.25. The van der Waals surface area contributed by atoms with Gasteiger partial charge < -0.3 is 5.73 Å². The molecule has 1 heterocycles. The number of rotatable bonds is 5. The van der Waals surface area contributed by atoms with Gasteiger partial charge in [-0.3, -0.25) is 4.68 Å². The van der Waals surface area contributed by atoms with Gasteiger partial charge in [0.2, 0.25) is 0 Å². The quantitative estimate of drug-likeness (QED) is 0.877. The average molecular weight is 243 g/mol. The summed E-state index contributed by atoms with van der Waals surface area (Å²) in [5, 5.41) is 4.53. The summed E-state index contributed by atoms with van der Waals surface area (Å²) in [5.74, 6) is 0. The molecule has 0 aliphatic rings. The smallest absolute Gasteiger partial charge is 0.0640 e. The highest BCUT2D eigenvalue weighted by atomic mass is 15.3. The van der Waals surface area contributed by atoms with Crippen LogP contribution in [0.1, 0.15) is 31.1 Å². The van der Waals surface area contributed by atoms with Gasteiger partial charge >= 0.3 is 0 Å². The highest BCUT2D eigenvalue weighted by Crippen LogP contribution is 2.08. The number of nitrogens with zero attached hydrogens (tertiary/aromatic N) is 2. The van der Waals surface area contributed by atoms with Crippen molar-refractivity contribution in [2.24, 2.45) is 5.73 Å². The maximum absolute atomic E-state index is 6.17. The molecule has 0 saturated carbocycles. The SMILES string of the molecule is CC(C)n1ccc(CC(N)Cc2ccccc2)n1. The van der Waals surface area contributed by atoms with Crippen molar-refractivity contribution in [3.8, 4) is 0 Å². The Kier molecular flexibility index (Phi) is 4.15. The second-order valence-corrected chi connectivity index (χ2v) is 5.03. The normalized spacial score (nSPS) is 12.9. The summed E-state index contributed by atoms with van der Waals surface area (Å²) in [6, 6.07) is 13.0. The van der Waals surface area contributed by atoms with Crippen molar-refractivity contribution in [2.45, 2.75) is 38.8 Å². The molecule has 0 amide bonds. The van der Waals surface area contributed by atoms with Gasteiger partial charge in [0.05, 0.1) is 5.69 Å². The Morgan fingerprint density at radius 3 is 2.44 bits per heavy atom. The van der Waals surface area contributed by atoms with E-state index < -0.39 is 0 Å². The molecule has 0 bridgehead atoms. The van der Waals surface area contributed by atoms with Crippen LogP contribution >= 0.6 is 0 Å². The zero-order chi connectivity index (χ0) is 13.0. The summed E-state index contributed by atoms with van der Waals surface area (Å²) in [4.78, 5) is 0. The summed E-state index contributed by atoms with van der Waals surface area (Å²) in [6.45, 7) is 4.25. The van der Waals surface area contributed by atoms with Crippen LogP contribution in [0.15, 0.2) is 42.6 Å². The second kappa shape index (κ2) is 5.83. The lowest BCUT2D eigenvalue weighted by atomic mass is 10.0.